The number of pyridine rings is 1. The van der Waals surface area contributed by atoms with Crippen molar-refractivity contribution in [3.8, 4) is 67.8 Å². The third kappa shape index (κ3) is 5.04. The van der Waals surface area contributed by atoms with Gasteiger partial charge < -0.3 is 0 Å². The van der Waals surface area contributed by atoms with Crippen LogP contribution >= 0.6 is 0 Å². The van der Waals surface area contributed by atoms with Gasteiger partial charge in [-0.15, -0.1) is 0 Å². The van der Waals surface area contributed by atoms with Gasteiger partial charge in [0.1, 0.15) is 6.07 Å². The first-order valence-corrected chi connectivity index (χ1v) is 20.7. The number of nitriles is 2. The predicted octanol–water partition coefficient (Wildman–Crippen LogP) is 13.6. The molecule has 8 aromatic carbocycles. The highest BCUT2D eigenvalue weighted by atomic mass is 14.7. The van der Waals surface area contributed by atoms with E-state index in [1.807, 2.05) is 18.5 Å². The fraction of sp³-hybridized carbons (Fsp3) is 0.0526. The summed E-state index contributed by atoms with van der Waals surface area (Å²) in [5.41, 5.74) is 18.7. The first-order valence-electron chi connectivity index (χ1n) is 20.7. The van der Waals surface area contributed by atoms with E-state index in [1.54, 1.807) is 12.4 Å². The molecular formula is C57H34N4. The molecule has 1 aliphatic heterocycles. The molecule has 2 aliphatic carbocycles. The number of nitrogens with zero attached hydrogens (tertiary/aromatic N) is 4. The normalized spacial score (nSPS) is 15.1. The van der Waals surface area contributed by atoms with Crippen LogP contribution in [0.4, 0.5) is 0 Å². The zero-order valence-corrected chi connectivity index (χ0v) is 33.0. The summed E-state index contributed by atoms with van der Waals surface area (Å²) in [5.74, 6) is -0.237. The second-order valence-corrected chi connectivity index (χ2v) is 16.3. The Morgan fingerprint density at radius 1 is 0.475 bits per heavy atom. The minimum Gasteiger partial charge on any atom is -0.267 e. The molecule has 1 aromatic heterocycles. The van der Waals surface area contributed by atoms with Crippen LogP contribution in [0.3, 0.4) is 0 Å². The van der Waals surface area contributed by atoms with Crippen molar-refractivity contribution >= 4 is 33.3 Å². The molecule has 4 heteroatoms. The van der Waals surface area contributed by atoms with Crippen LogP contribution in [0.5, 0.6) is 0 Å². The van der Waals surface area contributed by atoms with Gasteiger partial charge in [0.25, 0.3) is 0 Å². The van der Waals surface area contributed by atoms with Crippen LogP contribution in [0, 0.1) is 28.6 Å². The molecule has 0 bridgehead atoms. The topological polar surface area (TPSA) is 72.8 Å². The largest absolute Gasteiger partial charge is 0.267 e. The van der Waals surface area contributed by atoms with E-state index in [0.29, 0.717) is 12.0 Å². The van der Waals surface area contributed by atoms with Gasteiger partial charge in [0.2, 0.25) is 0 Å². The van der Waals surface area contributed by atoms with E-state index in [1.165, 1.54) is 71.6 Å². The Hall–Kier alpha value is -8.18. The van der Waals surface area contributed by atoms with Crippen molar-refractivity contribution in [2.24, 2.45) is 10.9 Å². The maximum atomic E-state index is 9.76. The Balaban J connectivity index is 1.18. The van der Waals surface area contributed by atoms with Gasteiger partial charge in [0, 0.05) is 30.4 Å². The average molecular weight is 775 g/mol. The Kier molecular flexibility index (Phi) is 7.67. The molecule has 4 nitrogen and oxygen atoms in total. The number of rotatable bonds is 4. The zero-order valence-electron chi connectivity index (χ0n) is 33.0. The lowest BCUT2D eigenvalue weighted by Crippen LogP contribution is -2.26. The summed E-state index contributed by atoms with van der Waals surface area (Å²) in [6.45, 7) is 0. The Labute approximate surface area is 353 Å². The number of hydrogen-bond acceptors (Lipinski definition) is 4. The van der Waals surface area contributed by atoms with Crippen molar-refractivity contribution in [2.75, 3.05) is 0 Å². The van der Waals surface area contributed by atoms with Gasteiger partial charge in [-0.05, 0) is 142 Å². The molecule has 12 rings (SSSR count). The van der Waals surface area contributed by atoms with Gasteiger partial charge in [-0.1, -0.05) is 133 Å². The van der Waals surface area contributed by atoms with Crippen molar-refractivity contribution in [1.29, 1.82) is 10.5 Å². The van der Waals surface area contributed by atoms with Gasteiger partial charge in [-0.3, -0.25) is 9.98 Å². The van der Waals surface area contributed by atoms with Crippen LogP contribution in [-0.4, -0.2) is 11.2 Å². The second-order valence-electron chi connectivity index (χ2n) is 16.3. The van der Waals surface area contributed by atoms with Gasteiger partial charge in [0.05, 0.1) is 23.0 Å². The maximum absolute atomic E-state index is 9.76. The molecule has 61 heavy (non-hydrogen) atoms. The van der Waals surface area contributed by atoms with E-state index in [4.69, 9.17) is 0 Å². The lowest BCUT2D eigenvalue weighted by Gasteiger charge is -2.31. The molecule has 0 fully saturated rings. The van der Waals surface area contributed by atoms with E-state index in [2.05, 4.69) is 180 Å². The highest BCUT2D eigenvalue weighted by Gasteiger charge is 2.53. The lowest BCUT2D eigenvalue weighted by molar-refractivity contribution is 0.795. The molecule has 2 heterocycles. The number of hydrogen-bond donors (Lipinski definition) is 0. The van der Waals surface area contributed by atoms with Crippen LogP contribution in [0.15, 0.2) is 187 Å². The van der Waals surface area contributed by atoms with E-state index in [-0.39, 0.29) is 5.92 Å². The molecular weight excluding hydrogens is 741 g/mol. The summed E-state index contributed by atoms with van der Waals surface area (Å²) in [5, 5.41) is 24.3. The number of aliphatic imine (C=N–C) groups is 1. The number of fused-ring (bicyclic) bond motifs is 14. The molecule has 0 saturated heterocycles. The quantitative estimate of drug-likeness (QED) is 0.179. The summed E-state index contributed by atoms with van der Waals surface area (Å²) < 4.78 is 0. The van der Waals surface area contributed by atoms with Gasteiger partial charge >= 0.3 is 0 Å². The SMILES string of the molecule is N#Cc1cncc(-c2cccc(-c3cc4c(c5ccccc35)-c3c(cc(-c5cccc(C6=CN=CC(C#N)C6)c5)c5ccccc35)C43c4ccccc4-c4ccccc43)c2)c1. The van der Waals surface area contributed by atoms with Crippen molar-refractivity contribution < 1.29 is 0 Å². The third-order valence-corrected chi connectivity index (χ3v) is 13.1. The molecule has 9 aromatic rings. The predicted molar refractivity (Wildman–Crippen MR) is 247 cm³/mol. The van der Waals surface area contributed by atoms with Crippen molar-refractivity contribution in [3.63, 3.8) is 0 Å². The summed E-state index contributed by atoms with van der Waals surface area (Å²) in [6.07, 6.45) is 7.73. The smallest absolute Gasteiger partial charge is 0.101 e. The van der Waals surface area contributed by atoms with Crippen LogP contribution in [0.1, 0.15) is 39.8 Å². The zero-order chi connectivity index (χ0) is 40.7. The minimum absolute atomic E-state index is 0.237. The lowest BCUT2D eigenvalue weighted by atomic mass is 9.69. The van der Waals surface area contributed by atoms with Crippen LogP contribution in [-0.2, 0) is 5.41 Å². The highest BCUT2D eigenvalue weighted by Crippen LogP contribution is 2.66. The van der Waals surface area contributed by atoms with Gasteiger partial charge in [0.15, 0.2) is 0 Å². The Morgan fingerprint density at radius 3 is 1.62 bits per heavy atom. The highest BCUT2D eigenvalue weighted by molar-refractivity contribution is 6.18. The summed E-state index contributed by atoms with van der Waals surface area (Å²) in [7, 11) is 0. The Morgan fingerprint density at radius 2 is 1.02 bits per heavy atom. The van der Waals surface area contributed by atoms with Crippen molar-refractivity contribution in [3.05, 3.63) is 216 Å². The average Bonchev–Trinajstić information content (AvgIpc) is 3.81. The first kappa shape index (κ1) is 34.8. The Bertz CT molecular complexity index is 3460. The summed E-state index contributed by atoms with van der Waals surface area (Å²) >= 11 is 0. The molecule has 0 amide bonds. The molecule has 282 valence electrons. The number of aromatic nitrogens is 1. The maximum Gasteiger partial charge on any atom is 0.101 e. The van der Waals surface area contributed by atoms with Crippen molar-refractivity contribution in [2.45, 2.75) is 11.8 Å². The molecule has 1 atom stereocenters. The molecule has 3 aliphatic rings. The van der Waals surface area contributed by atoms with E-state index < -0.39 is 5.41 Å². The fourth-order valence-corrected chi connectivity index (χ4v) is 10.6. The standard InChI is InChI=1S/C57H34N4/c58-29-35-23-41(33-60-31-35)37-11-9-13-39(25-37)49-27-53-55(47-19-3-1-15-43(47)49)56-48-20-4-2-16-44(48)50(40-14-10-12-38(26-40)42-24-36(30-59)32-61-34-42)28-54(56)57(53)51-21-7-5-17-45(51)46-18-6-8-22-52(46)57/h1-23,25-28,31-34,36H,24H2. The summed E-state index contributed by atoms with van der Waals surface area (Å²) in [4.78, 5) is 8.85. The molecule has 1 unspecified atom stereocenters. The first-order chi connectivity index (χ1) is 30.1. The van der Waals surface area contributed by atoms with Crippen LogP contribution < -0.4 is 0 Å². The van der Waals surface area contributed by atoms with E-state index in [0.717, 1.165) is 39.0 Å². The molecule has 0 saturated carbocycles. The minimum atomic E-state index is -0.615. The number of benzene rings is 8. The summed E-state index contributed by atoms with van der Waals surface area (Å²) in [6, 6.07) is 64.7. The second kappa shape index (κ2) is 13.4. The fourth-order valence-electron chi connectivity index (χ4n) is 10.6. The molecule has 1 spiro atoms. The monoisotopic (exact) mass is 774 g/mol. The van der Waals surface area contributed by atoms with E-state index in [9.17, 15) is 10.5 Å². The van der Waals surface area contributed by atoms with Gasteiger partial charge in [-0.2, -0.15) is 10.5 Å². The third-order valence-electron chi connectivity index (χ3n) is 13.1. The van der Waals surface area contributed by atoms with Crippen molar-refractivity contribution in [1.82, 2.24) is 4.98 Å². The molecule has 0 N–H and O–H groups in total. The van der Waals surface area contributed by atoms with Crippen LogP contribution in [0.25, 0.3) is 82.8 Å². The van der Waals surface area contributed by atoms with E-state index >= 15 is 0 Å². The molecule has 0 radical (unpaired) electrons. The number of allylic oxidation sites excluding steroid dienone is 1. The van der Waals surface area contributed by atoms with Crippen LogP contribution in [0.2, 0.25) is 0 Å². The van der Waals surface area contributed by atoms with Gasteiger partial charge in [-0.25, -0.2) is 0 Å².